The summed E-state index contributed by atoms with van der Waals surface area (Å²) in [6.45, 7) is 2.49. The van der Waals surface area contributed by atoms with Gasteiger partial charge in [-0.2, -0.15) is 13.2 Å². The highest BCUT2D eigenvalue weighted by atomic mass is 19.4. The van der Waals surface area contributed by atoms with Crippen molar-refractivity contribution in [2.45, 2.75) is 12.7 Å². The first-order valence-electron chi connectivity index (χ1n) is 11.5. The summed E-state index contributed by atoms with van der Waals surface area (Å²) in [5, 5.41) is 0.517. The molecule has 184 valence electrons. The van der Waals surface area contributed by atoms with Crippen LogP contribution >= 0.6 is 0 Å². The Kier molecular flexibility index (Phi) is 6.32. The van der Waals surface area contributed by atoms with Crippen molar-refractivity contribution in [1.29, 1.82) is 0 Å². The van der Waals surface area contributed by atoms with Gasteiger partial charge < -0.3 is 4.90 Å². The van der Waals surface area contributed by atoms with E-state index in [9.17, 15) is 22.8 Å². The molecule has 0 N–H and O–H groups in total. The van der Waals surface area contributed by atoms with Gasteiger partial charge in [-0.05, 0) is 48.0 Å². The molecule has 0 unspecified atom stereocenters. The Labute approximate surface area is 205 Å². The smallest absolute Gasteiger partial charge is 0.336 e. The molecule has 5 rings (SSSR count). The van der Waals surface area contributed by atoms with Crippen LogP contribution in [0.5, 0.6) is 0 Å². The Hall–Kier alpha value is -3.98. The molecule has 1 amide bonds. The van der Waals surface area contributed by atoms with Crippen LogP contribution in [0.3, 0.4) is 0 Å². The fourth-order valence-electron chi connectivity index (χ4n) is 4.41. The number of fused-ring (bicyclic) bond motifs is 1. The van der Waals surface area contributed by atoms with Crippen LogP contribution in [0.15, 0.2) is 83.9 Å². The second-order valence-corrected chi connectivity index (χ2v) is 8.75. The summed E-state index contributed by atoms with van der Waals surface area (Å²) in [5.74, 6) is -0.121. The number of benzene rings is 3. The monoisotopic (exact) mass is 492 g/mol. The first kappa shape index (κ1) is 23.7. The molecule has 4 aromatic rings. The third-order valence-corrected chi connectivity index (χ3v) is 6.38. The first-order valence-corrected chi connectivity index (χ1v) is 11.5. The number of halogens is 3. The average Bonchev–Trinajstić information content (AvgIpc) is 2.89. The molecule has 1 aliphatic heterocycles. The molecule has 1 saturated heterocycles. The van der Waals surface area contributed by atoms with Crippen LogP contribution in [0, 0.1) is 0 Å². The van der Waals surface area contributed by atoms with E-state index < -0.39 is 11.7 Å². The maximum absolute atomic E-state index is 13.0. The topological polar surface area (TPSA) is 58.4 Å². The summed E-state index contributed by atoms with van der Waals surface area (Å²) in [6.07, 6.45) is -2.89. The van der Waals surface area contributed by atoms with Crippen molar-refractivity contribution >= 4 is 16.8 Å². The number of rotatable bonds is 4. The van der Waals surface area contributed by atoms with Gasteiger partial charge in [0, 0.05) is 38.3 Å². The molecule has 0 atom stereocenters. The van der Waals surface area contributed by atoms with E-state index in [1.54, 1.807) is 53.4 Å². The van der Waals surface area contributed by atoms with Crippen LogP contribution in [0.4, 0.5) is 13.2 Å². The summed E-state index contributed by atoms with van der Waals surface area (Å²) in [5.41, 5.74) is 1.50. The Balaban J connectivity index is 1.22. The minimum absolute atomic E-state index is 0.121. The van der Waals surface area contributed by atoms with Crippen LogP contribution in [0.25, 0.3) is 16.6 Å². The number of alkyl halides is 3. The predicted octanol–water partition coefficient (Wildman–Crippen LogP) is 4.36. The Bertz CT molecular complexity index is 1460. The van der Waals surface area contributed by atoms with Gasteiger partial charge in [0.25, 0.3) is 11.5 Å². The fourth-order valence-corrected chi connectivity index (χ4v) is 4.41. The van der Waals surface area contributed by atoms with E-state index >= 15 is 0 Å². The molecule has 1 fully saturated rings. The maximum atomic E-state index is 13.0. The SMILES string of the molecule is O=C(c1ccc(-n2cnc3ccccc3c2=O)cc1)N1CCN(Cc2cccc(C(F)(F)F)c2)CC1. The zero-order valence-corrected chi connectivity index (χ0v) is 19.3. The van der Waals surface area contributed by atoms with Gasteiger partial charge in [0.15, 0.2) is 0 Å². The quantitative estimate of drug-likeness (QED) is 0.425. The van der Waals surface area contributed by atoms with Crippen LogP contribution in [0.1, 0.15) is 21.5 Å². The van der Waals surface area contributed by atoms with Crippen LogP contribution in [-0.4, -0.2) is 51.4 Å². The molecule has 0 saturated carbocycles. The van der Waals surface area contributed by atoms with Crippen molar-refractivity contribution in [2.24, 2.45) is 0 Å². The Morgan fingerprint density at radius 3 is 2.33 bits per heavy atom. The lowest BCUT2D eigenvalue weighted by Crippen LogP contribution is -2.48. The van der Waals surface area contributed by atoms with Gasteiger partial charge in [0.2, 0.25) is 0 Å². The lowest BCUT2D eigenvalue weighted by atomic mass is 10.1. The highest BCUT2D eigenvalue weighted by Crippen LogP contribution is 2.29. The molecule has 1 aliphatic rings. The standard InChI is InChI=1S/C27H23F3N4O2/c28-27(29,30)21-5-3-4-19(16-21)17-32-12-14-33(15-13-32)25(35)20-8-10-22(11-9-20)34-18-31-24-7-2-1-6-23(24)26(34)36/h1-11,16,18H,12-15,17H2. The van der Waals surface area contributed by atoms with Crippen molar-refractivity contribution in [2.75, 3.05) is 26.2 Å². The predicted molar refractivity (Wildman–Crippen MR) is 130 cm³/mol. The number of para-hydroxylation sites is 1. The third-order valence-electron chi connectivity index (χ3n) is 6.38. The first-order chi connectivity index (χ1) is 17.3. The van der Waals surface area contributed by atoms with Gasteiger partial charge in [0.05, 0.1) is 22.2 Å². The van der Waals surface area contributed by atoms with Crippen LogP contribution in [-0.2, 0) is 12.7 Å². The summed E-state index contributed by atoms with van der Waals surface area (Å²) < 4.78 is 40.4. The van der Waals surface area contributed by atoms with Gasteiger partial charge in [-0.3, -0.25) is 19.1 Å². The lowest BCUT2D eigenvalue weighted by Gasteiger charge is -2.35. The second kappa shape index (κ2) is 9.58. The van der Waals surface area contributed by atoms with E-state index in [4.69, 9.17) is 0 Å². The van der Waals surface area contributed by atoms with E-state index in [1.807, 2.05) is 11.0 Å². The number of hydrogen-bond donors (Lipinski definition) is 0. The molecule has 0 radical (unpaired) electrons. The molecule has 6 nitrogen and oxygen atoms in total. The van der Waals surface area contributed by atoms with E-state index in [0.717, 1.165) is 6.07 Å². The molecule has 36 heavy (non-hydrogen) atoms. The van der Waals surface area contributed by atoms with Gasteiger partial charge in [-0.15, -0.1) is 0 Å². The van der Waals surface area contributed by atoms with Crippen LogP contribution < -0.4 is 5.56 Å². The van der Waals surface area contributed by atoms with E-state index in [2.05, 4.69) is 4.98 Å². The molecule has 2 heterocycles. The fraction of sp³-hybridized carbons (Fsp3) is 0.222. The summed E-state index contributed by atoms with van der Waals surface area (Å²) in [4.78, 5) is 33.9. The Morgan fingerprint density at radius 2 is 1.61 bits per heavy atom. The molecular weight excluding hydrogens is 469 g/mol. The van der Waals surface area contributed by atoms with E-state index in [1.165, 1.54) is 23.0 Å². The number of nitrogens with zero attached hydrogens (tertiary/aromatic N) is 4. The highest BCUT2D eigenvalue weighted by molar-refractivity contribution is 5.94. The normalized spacial score (nSPS) is 14.8. The minimum Gasteiger partial charge on any atom is -0.336 e. The van der Waals surface area contributed by atoms with E-state index in [0.29, 0.717) is 60.4 Å². The third kappa shape index (κ3) is 4.87. The maximum Gasteiger partial charge on any atom is 0.416 e. The van der Waals surface area contributed by atoms with Gasteiger partial charge >= 0.3 is 6.18 Å². The molecule has 0 aliphatic carbocycles. The van der Waals surface area contributed by atoms with Crippen LogP contribution in [0.2, 0.25) is 0 Å². The van der Waals surface area contributed by atoms with Gasteiger partial charge in [-0.1, -0.05) is 30.3 Å². The number of hydrogen-bond acceptors (Lipinski definition) is 4. The van der Waals surface area contributed by atoms with Gasteiger partial charge in [0.1, 0.15) is 6.33 Å². The molecule has 1 aromatic heterocycles. The number of amides is 1. The zero-order valence-electron chi connectivity index (χ0n) is 19.3. The largest absolute Gasteiger partial charge is 0.416 e. The van der Waals surface area contributed by atoms with Crippen molar-refractivity contribution in [1.82, 2.24) is 19.4 Å². The lowest BCUT2D eigenvalue weighted by molar-refractivity contribution is -0.137. The molecule has 9 heteroatoms. The number of carbonyl (C=O) groups excluding carboxylic acids is 1. The molecule has 3 aromatic carbocycles. The van der Waals surface area contributed by atoms with Gasteiger partial charge in [-0.25, -0.2) is 4.98 Å². The minimum atomic E-state index is -4.37. The number of carbonyl (C=O) groups is 1. The van der Waals surface area contributed by atoms with Crippen molar-refractivity contribution in [3.05, 3.63) is 106 Å². The molecular formula is C27H23F3N4O2. The Morgan fingerprint density at radius 1 is 0.889 bits per heavy atom. The number of piperazine rings is 1. The summed E-state index contributed by atoms with van der Waals surface area (Å²) >= 11 is 0. The molecule has 0 bridgehead atoms. The number of aromatic nitrogens is 2. The highest BCUT2D eigenvalue weighted by Gasteiger charge is 2.30. The summed E-state index contributed by atoms with van der Waals surface area (Å²) in [7, 11) is 0. The van der Waals surface area contributed by atoms with Crippen molar-refractivity contribution in [3.63, 3.8) is 0 Å². The summed E-state index contributed by atoms with van der Waals surface area (Å²) in [6, 6.07) is 19.3. The second-order valence-electron chi connectivity index (χ2n) is 8.75. The zero-order chi connectivity index (χ0) is 25.3. The average molecular weight is 493 g/mol. The van der Waals surface area contributed by atoms with Crippen molar-refractivity contribution < 1.29 is 18.0 Å². The van der Waals surface area contributed by atoms with Crippen molar-refractivity contribution in [3.8, 4) is 5.69 Å². The van der Waals surface area contributed by atoms with E-state index in [-0.39, 0.29) is 11.5 Å². The molecule has 0 spiro atoms.